The molecule has 5 nitrogen and oxygen atoms in total. The van der Waals surface area contributed by atoms with Crippen LogP contribution in [0.5, 0.6) is 0 Å². The quantitative estimate of drug-likeness (QED) is 0.840. The van der Waals surface area contributed by atoms with Crippen LogP contribution in [0.15, 0.2) is 30.3 Å². The summed E-state index contributed by atoms with van der Waals surface area (Å²) in [7, 11) is 0. The predicted octanol–water partition coefficient (Wildman–Crippen LogP) is 3.36. The number of para-hydroxylation sites is 1. The fraction of sp³-hybridized carbons (Fsp3) is 0.444. The van der Waals surface area contributed by atoms with E-state index in [1.165, 1.54) is 0 Å². The van der Waals surface area contributed by atoms with Crippen molar-refractivity contribution in [1.82, 2.24) is 15.1 Å². The van der Waals surface area contributed by atoms with Gasteiger partial charge in [0.2, 0.25) is 0 Å². The van der Waals surface area contributed by atoms with Crippen LogP contribution in [0.1, 0.15) is 43.2 Å². The van der Waals surface area contributed by atoms with Gasteiger partial charge in [0.1, 0.15) is 5.15 Å². The van der Waals surface area contributed by atoms with Gasteiger partial charge in [0, 0.05) is 6.54 Å². The summed E-state index contributed by atoms with van der Waals surface area (Å²) in [5.41, 5.74) is 0.696. The van der Waals surface area contributed by atoms with Gasteiger partial charge in [-0.3, -0.25) is 4.79 Å². The zero-order chi connectivity index (χ0) is 17.9. The number of carbonyl (C=O) groups excluding carboxylic acids is 1. The molecule has 0 aliphatic carbocycles. The minimum absolute atomic E-state index is 0.0708. The van der Waals surface area contributed by atoms with E-state index < -0.39 is 5.60 Å². The summed E-state index contributed by atoms with van der Waals surface area (Å²) in [5.74, 6) is -0.260. The highest BCUT2D eigenvalue weighted by atomic mass is 35.5. The van der Waals surface area contributed by atoms with Gasteiger partial charge in [-0.2, -0.15) is 5.10 Å². The minimum Gasteiger partial charge on any atom is -0.388 e. The van der Waals surface area contributed by atoms with E-state index in [1.807, 2.05) is 44.2 Å². The number of amides is 1. The number of hydrogen-bond acceptors (Lipinski definition) is 3. The Labute approximate surface area is 147 Å². The van der Waals surface area contributed by atoms with Gasteiger partial charge in [0.05, 0.1) is 22.5 Å². The largest absolute Gasteiger partial charge is 0.388 e. The first kappa shape index (κ1) is 18.5. The molecule has 2 N–H and O–H groups in total. The number of rotatable bonds is 6. The average molecular weight is 350 g/mol. The second-order valence-electron chi connectivity index (χ2n) is 6.35. The van der Waals surface area contributed by atoms with Crippen molar-refractivity contribution in [2.45, 2.75) is 39.7 Å². The summed E-state index contributed by atoms with van der Waals surface area (Å²) >= 11 is 6.38. The molecule has 1 heterocycles. The van der Waals surface area contributed by atoms with Gasteiger partial charge in [-0.15, -0.1) is 0 Å². The molecular formula is C18H24ClN3O2. The molecule has 0 saturated heterocycles. The molecule has 130 valence electrons. The lowest BCUT2D eigenvalue weighted by Gasteiger charge is -2.29. The lowest BCUT2D eigenvalue weighted by molar-refractivity contribution is 0.00592. The normalized spacial score (nSPS) is 14.9. The highest BCUT2D eigenvalue weighted by molar-refractivity contribution is 6.33. The fourth-order valence-corrected chi connectivity index (χ4v) is 2.82. The predicted molar refractivity (Wildman–Crippen MR) is 95.7 cm³/mol. The van der Waals surface area contributed by atoms with E-state index in [1.54, 1.807) is 18.5 Å². The van der Waals surface area contributed by atoms with E-state index >= 15 is 0 Å². The highest BCUT2D eigenvalue weighted by Gasteiger charge is 2.29. The van der Waals surface area contributed by atoms with Crippen LogP contribution in [-0.4, -0.2) is 32.9 Å². The highest BCUT2D eigenvalue weighted by Crippen LogP contribution is 2.24. The molecule has 2 aromatic rings. The molecule has 0 saturated carbocycles. The summed E-state index contributed by atoms with van der Waals surface area (Å²) in [6.07, 6.45) is 0.828. The SMILES string of the molecule is CCC(C)C(C)(O)CNC(=O)c1c(C)nn(-c2ccccc2)c1Cl. The number of nitrogens with zero attached hydrogens (tertiary/aromatic N) is 2. The number of hydrogen-bond donors (Lipinski definition) is 2. The number of aryl methyl sites for hydroxylation is 1. The average Bonchev–Trinajstić information content (AvgIpc) is 2.87. The Kier molecular flexibility index (Phi) is 5.67. The molecule has 24 heavy (non-hydrogen) atoms. The zero-order valence-electron chi connectivity index (χ0n) is 14.5. The molecule has 1 aromatic carbocycles. The van der Waals surface area contributed by atoms with Gasteiger partial charge >= 0.3 is 0 Å². The third-order valence-electron chi connectivity index (χ3n) is 4.51. The Balaban J connectivity index is 2.21. The van der Waals surface area contributed by atoms with Crippen LogP contribution in [0, 0.1) is 12.8 Å². The molecule has 0 aliphatic heterocycles. The number of aromatic nitrogens is 2. The van der Waals surface area contributed by atoms with Gasteiger partial charge in [0.25, 0.3) is 5.91 Å². The third kappa shape index (κ3) is 3.79. The molecule has 0 spiro atoms. The van der Waals surface area contributed by atoms with Crippen molar-refractivity contribution in [3.05, 3.63) is 46.7 Å². The van der Waals surface area contributed by atoms with Gasteiger partial charge < -0.3 is 10.4 Å². The molecule has 2 rings (SSSR count). The maximum Gasteiger partial charge on any atom is 0.256 e. The van der Waals surface area contributed by atoms with Crippen LogP contribution in [0.2, 0.25) is 5.15 Å². The second-order valence-corrected chi connectivity index (χ2v) is 6.71. The fourth-order valence-electron chi connectivity index (χ4n) is 2.46. The molecule has 2 unspecified atom stereocenters. The standard InChI is InChI=1S/C18H24ClN3O2/c1-5-12(2)18(4,24)11-20-17(23)15-13(3)21-22(16(15)19)14-9-7-6-8-10-14/h6-10,12,24H,5,11H2,1-4H3,(H,20,23). The Hall–Kier alpha value is -1.85. The van der Waals surface area contributed by atoms with E-state index in [9.17, 15) is 9.90 Å². The third-order valence-corrected chi connectivity index (χ3v) is 4.86. The van der Waals surface area contributed by atoms with Crippen molar-refractivity contribution < 1.29 is 9.90 Å². The number of aliphatic hydroxyl groups is 1. The van der Waals surface area contributed by atoms with Crippen LogP contribution >= 0.6 is 11.6 Å². The molecule has 2 atom stereocenters. The van der Waals surface area contributed by atoms with Crippen molar-refractivity contribution in [1.29, 1.82) is 0 Å². The number of benzene rings is 1. The number of halogens is 1. The number of carbonyl (C=O) groups is 1. The smallest absolute Gasteiger partial charge is 0.256 e. The first-order chi connectivity index (χ1) is 11.3. The molecule has 6 heteroatoms. The molecule has 0 radical (unpaired) electrons. The second kappa shape index (κ2) is 7.36. The Morgan fingerprint density at radius 2 is 2.04 bits per heavy atom. The lowest BCUT2D eigenvalue weighted by atomic mass is 9.88. The molecule has 0 fully saturated rings. The van der Waals surface area contributed by atoms with Crippen LogP contribution < -0.4 is 5.32 Å². The van der Waals surface area contributed by atoms with E-state index in [2.05, 4.69) is 10.4 Å². The van der Waals surface area contributed by atoms with E-state index in [-0.39, 0.29) is 23.5 Å². The van der Waals surface area contributed by atoms with E-state index in [4.69, 9.17) is 11.6 Å². The lowest BCUT2D eigenvalue weighted by Crippen LogP contribution is -2.45. The maximum atomic E-state index is 12.5. The van der Waals surface area contributed by atoms with Crippen LogP contribution in [0.4, 0.5) is 0 Å². The summed E-state index contributed by atoms with van der Waals surface area (Å²) in [5, 5.41) is 17.8. The van der Waals surface area contributed by atoms with E-state index in [0.717, 1.165) is 12.1 Å². The molecule has 0 bridgehead atoms. The molecule has 1 amide bonds. The Morgan fingerprint density at radius 3 is 2.62 bits per heavy atom. The van der Waals surface area contributed by atoms with E-state index in [0.29, 0.717) is 11.3 Å². The monoisotopic (exact) mass is 349 g/mol. The van der Waals surface area contributed by atoms with Gasteiger partial charge in [-0.05, 0) is 31.9 Å². The maximum absolute atomic E-state index is 12.5. The van der Waals surface area contributed by atoms with Crippen LogP contribution in [0.25, 0.3) is 5.69 Å². The van der Waals surface area contributed by atoms with Gasteiger partial charge in [-0.25, -0.2) is 4.68 Å². The van der Waals surface area contributed by atoms with Crippen molar-refractivity contribution in [2.24, 2.45) is 5.92 Å². The molecule has 1 aromatic heterocycles. The first-order valence-corrected chi connectivity index (χ1v) is 8.46. The van der Waals surface area contributed by atoms with Crippen molar-refractivity contribution in [3.8, 4) is 5.69 Å². The summed E-state index contributed by atoms with van der Waals surface area (Å²) in [6, 6.07) is 9.40. The number of nitrogens with one attached hydrogen (secondary N) is 1. The molecule has 0 aliphatic rings. The van der Waals surface area contributed by atoms with Crippen molar-refractivity contribution in [3.63, 3.8) is 0 Å². The summed E-state index contributed by atoms with van der Waals surface area (Å²) in [4.78, 5) is 12.5. The minimum atomic E-state index is -0.972. The van der Waals surface area contributed by atoms with Crippen molar-refractivity contribution >= 4 is 17.5 Å². The summed E-state index contributed by atoms with van der Waals surface area (Å²) in [6.45, 7) is 7.59. The van der Waals surface area contributed by atoms with Gasteiger partial charge in [-0.1, -0.05) is 50.1 Å². The van der Waals surface area contributed by atoms with Crippen LogP contribution in [-0.2, 0) is 0 Å². The zero-order valence-corrected chi connectivity index (χ0v) is 15.3. The Morgan fingerprint density at radius 1 is 1.42 bits per heavy atom. The Bertz CT molecular complexity index is 711. The molecular weight excluding hydrogens is 326 g/mol. The van der Waals surface area contributed by atoms with Crippen molar-refractivity contribution in [2.75, 3.05) is 6.54 Å². The topological polar surface area (TPSA) is 67.2 Å². The first-order valence-electron chi connectivity index (χ1n) is 8.09. The summed E-state index contributed by atoms with van der Waals surface area (Å²) < 4.78 is 1.54. The van der Waals surface area contributed by atoms with Crippen LogP contribution in [0.3, 0.4) is 0 Å². The van der Waals surface area contributed by atoms with Gasteiger partial charge in [0.15, 0.2) is 0 Å².